The van der Waals surface area contributed by atoms with Crippen LogP contribution in [0.25, 0.3) is 0 Å². The van der Waals surface area contributed by atoms with Crippen molar-refractivity contribution in [3.8, 4) is 0 Å². The van der Waals surface area contributed by atoms with Crippen LogP contribution in [-0.2, 0) is 0 Å². The van der Waals surface area contributed by atoms with Crippen LogP contribution >= 0.6 is 0 Å². The average molecular weight is 279 g/mol. The molecule has 1 aliphatic rings. The van der Waals surface area contributed by atoms with Gasteiger partial charge >= 0.3 is 0 Å². The Labute approximate surface area is 121 Å². The lowest BCUT2D eigenvalue weighted by Crippen LogP contribution is -2.38. The highest BCUT2D eigenvalue weighted by atomic mass is 19.1. The van der Waals surface area contributed by atoms with E-state index in [1.165, 1.54) is 12.8 Å². The minimum atomic E-state index is -0.163. The number of rotatable bonds is 4. The molecule has 0 saturated carbocycles. The van der Waals surface area contributed by atoms with Crippen molar-refractivity contribution in [1.29, 1.82) is 0 Å². The number of likely N-dealkylation sites (N-methyl/N-ethyl adjacent to an activating group) is 1. The van der Waals surface area contributed by atoms with E-state index in [1.54, 1.807) is 6.07 Å². The topological polar surface area (TPSA) is 32.5 Å². The molecule has 0 aromatic heterocycles. The molecule has 0 spiro atoms. The summed E-state index contributed by atoms with van der Waals surface area (Å²) in [5.74, 6) is -0.163. The molecule has 2 N–H and O–H groups in total. The number of hydrogen-bond acceptors (Lipinski definition) is 3. The monoisotopic (exact) mass is 279 g/mol. The Balaban J connectivity index is 2.37. The number of nitrogens with two attached hydrogens (primary N) is 1. The SMILES string of the molecule is Cc1cc(N2CCCC2CN(C)C)c([C@H](C)N)cc1F. The summed E-state index contributed by atoms with van der Waals surface area (Å²) in [6, 6.07) is 3.91. The number of anilines is 1. The van der Waals surface area contributed by atoms with E-state index in [2.05, 4.69) is 23.9 Å². The van der Waals surface area contributed by atoms with E-state index >= 15 is 0 Å². The molecule has 1 unspecified atom stereocenters. The Hall–Kier alpha value is -1.13. The van der Waals surface area contributed by atoms with Crippen LogP contribution in [0.1, 0.15) is 36.9 Å². The van der Waals surface area contributed by atoms with Crippen molar-refractivity contribution in [3.05, 3.63) is 29.1 Å². The first-order valence-corrected chi connectivity index (χ1v) is 7.37. The number of benzene rings is 1. The van der Waals surface area contributed by atoms with Gasteiger partial charge in [0.1, 0.15) is 5.82 Å². The first-order chi connectivity index (χ1) is 9.40. The molecule has 0 bridgehead atoms. The molecular formula is C16H26FN3. The quantitative estimate of drug-likeness (QED) is 0.919. The van der Waals surface area contributed by atoms with Gasteiger partial charge in [0.25, 0.3) is 0 Å². The summed E-state index contributed by atoms with van der Waals surface area (Å²) >= 11 is 0. The third-order valence-electron chi connectivity index (χ3n) is 4.06. The highest BCUT2D eigenvalue weighted by Crippen LogP contribution is 2.33. The van der Waals surface area contributed by atoms with Crippen LogP contribution in [0.2, 0.25) is 0 Å². The van der Waals surface area contributed by atoms with Crippen molar-refractivity contribution in [2.45, 2.75) is 38.8 Å². The zero-order chi connectivity index (χ0) is 14.9. The van der Waals surface area contributed by atoms with Crippen molar-refractivity contribution in [3.63, 3.8) is 0 Å². The number of halogens is 1. The van der Waals surface area contributed by atoms with Gasteiger partial charge in [0.05, 0.1) is 0 Å². The van der Waals surface area contributed by atoms with E-state index in [0.29, 0.717) is 11.6 Å². The first kappa shape index (κ1) is 15.3. The summed E-state index contributed by atoms with van der Waals surface area (Å²) in [5.41, 5.74) is 8.77. The number of aryl methyl sites for hydroxylation is 1. The third-order valence-corrected chi connectivity index (χ3v) is 4.06. The van der Waals surface area contributed by atoms with Gasteiger partial charge in [-0.05, 0) is 64.0 Å². The van der Waals surface area contributed by atoms with Crippen LogP contribution < -0.4 is 10.6 Å². The van der Waals surface area contributed by atoms with E-state index in [0.717, 1.165) is 24.3 Å². The Morgan fingerprint density at radius 3 is 2.75 bits per heavy atom. The second-order valence-corrected chi connectivity index (χ2v) is 6.20. The molecule has 0 aliphatic carbocycles. The average Bonchev–Trinajstić information content (AvgIpc) is 2.79. The summed E-state index contributed by atoms with van der Waals surface area (Å²) in [5, 5.41) is 0. The molecule has 20 heavy (non-hydrogen) atoms. The lowest BCUT2D eigenvalue weighted by atomic mass is 10.0. The van der Waals surface area contributed by atoms with Crippen molar-refractivity contribution in [2.75, 3.05) is 32.1 Å². The molecule has 0 radical (unpaired) electrons. The molecular weight excluding hydrogens is 253 g/mol. The molecule has 112 valence electrons. The van der Waals surface area contributed by atoms with E-state index in [4.69, 9.17) is 5.73 Å². The van der Waals surface area contributed by atoms with Gasteiger partial charge in [-0.1, -0.05) is 0 Å². The molecule has 1 heterocycles. The zero-order valence-electron chi connectivity index (χ0n) is 13.0. The summed E-state index contributed by atoms with van der Waals surface area (Å²) in [6.07, 6.45) is 2.38. The zero-order valence-corrected chi connectivity index (χ0v) is 13.0. The van der Waals surface area contributed by atoms with Gasteiger partial charge in [0, 0.05) is 30.9 Å². The highest BCUT2D eigenvalue weighted by Gasteiger charge is 2.28. The number of nitrogens with zero attached hydrogens (tertiary/aromatic N) is 2. The Morgan fingerprint density at radius 1 is 1.45 bits per heavy atom. The minimum Gasteiger partial charge on any atom is -0.367 e. The van der Waals surface area contributed by atoms with E-state index in [9.17, 15) is 4.39 Å². The molecule has 4 heteroatoms. The highest BCUT2D eigenvalue weighted by molar-refractivity contribution is 5.58. The fourth-order valence-electron chi connectivity index (χ4n) is 3.06. The van der Waals surface area contributed by atoms with Crippen LogP contribution in [0.4, 0.5) is 10.1 Å². The molecule has 1 saturated heterocycles. The maximum Gasteiger partial charge on any atom is 0.126 e. The third kappa shape index (κ3) is 3.13. The van der Waals surface area contributed by atoms with Gasteiger partial charge in [-0.25, -0.2) is 4.39 Å². The Morgan fingerprint density at radius 2 is 2.15 bits per heavy atom. The van der Waals surface area contributed by atoms with E-state index < -0.39 is 0 Å². The van der Waals surface area contributed by atoms with E-state index in [-0.39, 0.29) is 11.9 Å². The maximum atomic E-state index is 13.8. The largest absolute Gasteiger partial charge is 0.367 e. The molecule has 3 nitrogen and oxygen atoms in total. The van der Waals surface area contributed by atoms with Crippen molar-refractivity contribution in [1.82, 2.24) is 4.90 Å². The fraction of sp³-hybridized carbons (Fsp3) is 0.625. The van der Waals surface area contributed by atoms with Crippen LogP contribution in [0.5, 0.6) is 0 Å². The van der Waals surface area contributed by atoms with Crippen molar-refractivity contribution >= 4 is 5.69 Å². The second kappa shape index (κ2) is 6.10. The molecule has 1 aromatic rings. The van der Waals surface area contributed by atoms with Crippen LogP contribution in [0.3, 0.4) is 0 Å². The minimum absolute atomic E-state index is 0.152. The first-order valence-electron chi connectivity index (χ1n) is 7.37. The lowest BCUT2D eigenvalue weighted by Gasteiger charge is -2.32. The number of hydrogen-bond donors (Lipinski definition) is 1. The summed E-state index contributed by atoms with van der Waals surface area (Å²) in [6.45, 7) is 5.80. The standard InChI is InChI=1S/C16H26FN3/c1-11-8-16(14(12(2)18)9-15(11)17)20-7-5-6-13(20)10-19(3)4/h8-9,12-13H,5-7,10,18H2,1-4H3/t12-,13?/m0/s1. The van der Waals surface area contributed by atoms with Crippen LogP contribution in [0, 0.1) is 12.7 Å². The lowest BCUT2D eigenvalue weighted by molar-refractivity contribution is 0.372. The Bertz CT molecular complexity index is 471. The summed E-state index contributed by atoms with van der Waals surface area (Å²) in [7, 11) is 4.19. The predicted molar refractivity (Wildman–Crippen MR) is 82.7 cm³/mol. The molecule has 1 aliphatic heterocycles. The normalized spacial score (nSPS) is 20.8. The van der Waals surface area contributed by atoms with Gasteiger partial charge in [0.2, 0.25) is 0 Å². The molecule has 2 rings (SSSR count). The Kier molecular flexibility index (Phi) is 4.66. The molecule has 0 amide bonds. The maximum absolute atomic E-state index is 13.8. The molecule has 1 fully saturated rings. The summed E-state index contributed by atoms with van der Waals surface area (Å²) in [4.78, 5) is 4.62. The van der Waals surface area contributed by atoms with Crippen LogP contribution in [0.15, 0.2) is 12.1 Å². The van der Waals surface area contributed by atoms with Gasteiger partial charge in [0.15, 0.2) is 0 Å². The van der Waals surface area contributed by atoms with Gasteiger partial charge in [-0.15, -0.1) is 0 Å². The van der Waals surface area contributed by atoms with Gasteiger partial charge in [-0.2, -0.15) is 0 Å². The smallest absolute Gasteiger partial charge is 0.126 e. The second-order valence-electron chi connectivity index (χ2n) is 6.20. The fourth-order valence-corrected chi connectivity index (χ4v) is 3.06. The van der Waals surface area contributed by atoms with Gasteiger partial charge in [-0.3, -0.25) is 0 Å². The predicted octanol–water partition coefficient (Wildman–Crippen LogP) is 2.68. The van der Waals surface area contributed by atoms with E-state index in [1.807, 2.05) is 19.9 Å². The van der Waals surface area contributed by atoms with Crippen molar-refractivity contribution < 1.29 is 4.39 Å². The van der Waals surface area contributed by atoms with Gasteiger partial charge < -0.3 is 15.5 Å². The van der Waals surface area contributed by atoms with Crippen LogP contribution in [-0.4, -0.2) is 38.1 Å². The van der Waals surface area contributed by atoms with Crippen molar-refractivity contribution in [2.24, 2.45) is 5.73 Å². The molecule has 1 aromatic carbocycles. The molecule has 2 atom stereocenters. The summed E-state index contributed by atoms with van der Waals surface area (Å²) < 4.78 is 13.8.